The van der Waals surface area contributed by atoms with Crippen LogP contribution in [0.4, 0.5) is 0 Å². The molecule has 1 aromatic carbocycles. The summed E-state index contributed by atoms with van der Waals surface area (Å²) in [5.74, 6) is -0.0910. The summed E-state index contributed by atoms with van der Waals surface area (Å²) in [6.45, 7) is 0. The number of nitrogens with zero attached hydrogens (tertiary/aromatic N) is 1. The van der Waals surface area contributed by atoms with Gasteiger partial charge in [-0.3, -0.25) is 9.59 Å². The summed E-state index contributed by atoms with van der Waals surface area (Å²) >= 11 is 0. The Morgan fingerprint density at radius 3 is 2.67 bits per heavy atom. The molecule has 2 aromatic heterocycles. The number of pyridine rings is 1. The zero-order chi connectivity index (χ0) is 12.5. The molecule has 0 radical (unpaired) electrons. The summed E-state index contributed by atoms with van der Waals surface area (Å²) in [5, 5.41) is 0. The van der Waals surface area contributed by atoms with Crippen molar-refractivity contribution < 1.29 is 4.79 Å². The van der Waals surface area contributed by atoms with E-state index in [1.165, 1.54) is 12.1 Å². The van der Waals surface area contributed by atoms with Gasteiger partial charge in [-0.1, -0.05) is 30.3 Å². The predicted molar refractivity (Wildman–Crippen MR) is 67.9 cm³/mol. The molecule has 18 heavy (non-hydrogen) atoms. The van der Waals surface area contributed by atoms with E-state index < -0.39 is 0 Å². The maximum absolute atomic E-state index is 12.2. The van der Waals surface area contributed by atoms with E-state index in [1.54, 1.807) is 28.9 Å². The summed E-state index contributed by atoms with van der Waals surface area (Å²) in [6.07, 6.45) is 3.32. The van der Waals surface area contributed by atoms with Gasteiger partial charge in [-0.2, -0.15) is 0 Å². The van der Waals surface area contributed by atoms with Gasteiger partial charge < -0.3 is 9.38 Å². The molecule has 0 bridgehead atoms. The Balaban J connectivity index is 2.10. The maximum atomic E-state index is 12.2. The van der Waals surface area contributed by atoms with Crippen LogP contribution in [-0.2, 0) is 0 Å². The van der Waals surface area contributed by atoms with Crippen molar-refractivity contribution in [1.29, 1.82) is 0 Å². The number of aromatic amines is 1. The predicted octanol–water partition coefficient (Wildman–Crippen LogP) is 1.86. The van der Waals surface area contributed by atoms with Gasteiger partial charge in [0.15, 0.2) is 5.43 Å². The molecule has 2 heterocycles. The van der Waals surface area contributed by atoms with Crippen LogP contribution in [0.5, 0.6) is 0 Å². The van der Waals surface area contributed by atoms with Crippen molar-refractivity contribution in [3.63, 3.8) is 0 Å². The van der Waals surface area contributed by atoms with Gasteiger partial charge in [-0.05, 0) is 0 Å². The Hall–Kier alpha value is -2.62. The fraction of sp³-hybridized carbons (Fsp3) is 0. The van der Waals surface area contributed by atoms with E-state index in [1.807, 2.05) is 18.2 Å². The third-order valence-corrected chi connectivity index (χ3v) is 2.77. The van der Waals surface area contributed by atoms with Crippen molar-refractivity contribution >= 4 is 11.4 Å². The lowest BCUT2D eigenvalue weighted by molar-refractivity contribution is 0.103. The average molecular weight is 238 g/mol. The first-order valence-corrected chi connectivity index (χ1v) is 5.55. The number of benzene rings is 1. The molecule has 88 valence electrons. The van der Waals surface area contributed by atoms with Crippen LogP contribution in [0.1, 0.15) is 16.1 Å². The fourth-order valence-corrected chi connectivity index (χ4v) is 1.87. The largest absolute Gasteiger partial charge is 0.337 e. The minimum absolute atomic E-state index is 0.0874. The number of carbonyl (C=O) groups is 1. The molecule has 1 N–H and O–H groups in total. The number of fused-ring (bicyclic) bond motifs is 1. The van der Waals surface area contributed by atoms with Gasteiger partial charge in [0.1, 0.15) is 11.3 Å². The summed E-state index contributed by atoms with van der Waals surface area (Å²) in [4.78, 5) is 26.3. The number of nitrogens with one attached hydrogen (secondary N) is 1. The molecular formula is C14H10N2O2. The van der Waals surface area contributed by atoms with Gasteiger partial charge in [0.25, 0.3) is 0 Å². The molecule has 4 heteroatoms. The van der Waals surface area contributed by atoms with Crippen LogP contribution in [0.2, 0.25) is 0 Å². The topological polar surface area (TPSA) is 54.3 Å². The first kappa shape index (κ1) is 10.5. The SMILES string of the molecule is O=C(c1ccccc1)c1cn2ccc(=O)cc2[nH]1. The highest BCUT2D eigenvalue weighted by atomic mass is 16.1. The van der Waals surface area contributed by atoms with Crippen LogP contribution >= 0.6 is 0 Å². The molecular weight excluding hydrogens is 228 g/mol. The standard InChI is InChI=1S/C14H10N2O2/c17-11-6-7-16-9-12(15-13(16)8-11)14(18)10-4-2-1-3-5-10/h1-9,15H. The quantitative estimate of drug-likeness (QED) is 0.693. The number of aromatic nitrogens is 2. The first-order valence-electron chi connectivity index (χ1n) is 5.55. The molecule has 4 nitrogen and oxygen atoms in total. The second kappa shape index (κ2) is 4.00. The van der Waals surface area contributed by atoms with Crippen molar-refractivity contribution in [2.75, 3.05) is 0 Å². The van der Waals surface area contributed by atoms with Gasteiger partial charge in [0, 0.05) is 30.1 Å². The second-order valence-corrected chi connectivity index (χ2v) is 4.02. The molecule has 0 saturated heterocycles. The minimum atomic E-state index is -0.0910. The maximum Gasteiger partial charge on any atom is 0.210 e. The normalized spacial score (nSPS) is 10.7. The third-order valence-electron chi connectivity index (χ3n) is 2.77. The minimum Gasteiger partial charge on any atom is -0.337 e. The molecule has 0 aliphatic heterocycles. The molecule has 0 unspecified atom stereocenters. The smallest absolute Gasteiger partial charge is 0.210 e. The highest BCUT2D eigenvalue weighted by molar-refractivity contribution is 6.07. The lowest BCUT2D eigenvalue weighted by atomic mass is 10.1. The van der Waals surface area contributed by atoms with Crippen LogP contribution in [0, 0.1) is 0 Å². The lowest BCUT2D eigenvalue weighted by Crippen LogP contribution is -2.00. The number of imidazole rings is 1. The van der Waals surface area contributed by atoms with Crippen LogP contribution in [0.25, 0.3) is 5.65 Å². The van der Waals surface area contributed by atoms with E-state index in [-0.39, 0.29) is 11.2 Å². The molecule has 0 aliphatic rings. The van der Waals surface area contributed by atoms with Crippen LogP contribution < -0.4 is 5.43 Å². The van der Waals surface area contributed by atoms with Gasteiger partial charge in [-0.15, -0.1) is 0 Å². The zero-order valence-electron chi connectivity index (χ0n) is 9.46. The van der Waals surface area contributed by atoms with Gasteiger partial charge in [0.05, 0.1) is 0 Å². The van der Waals surface area contributed by atoms with Gasteiger partial charge in [-0.25, -0.2) is 0 Å². The number of H-pyrrole nitrogens is 1. The molecule has 3 rings (SSSR count). The Labute approximate surface area is 103 Å². The van der Waals surface area contributed by atoms with Crippen molar-refractivity contribution in [3.05, 3.63) is 76.3 Å². The lowest BCUT2D eigenvalue weighted by Gasteiger charge is -1.95. The highest BCUT2D eigenvalue weighted by Gasteiger charge is 2.11. The molecule has 0 amide bonds. The molecule has 0 saturated carbocycles. The third kappa shape index (κ3) is 1.73. The molecule has 0 spiro atoms. The number of rotatable bonds is 2. The Kier molecular flexibility index (Phi) is 2.34. The van der Waals surface area contributed by atoms with Gasteiger partial charge >= 0.3 is 0 Å². The number of carbonyl (C=O) groups excluding carboxylic acids is 1. The number of ketones is 1. The van der Waals surface area contributed by atoms with Crippen molar-refractivity contribution in [2.24, 2.45) is 0 Å². The van der Waals surface area contributed by atoms with Crippen LogP contribution in [0.15, 0.2) is 59.7 Å². The van der Waals surface area contributed by atoms with Crippen molar-refractivity contribution in [1.82, 2.24) is 9.38 Å². The van der Waals surface area contributed by atoms with Crippen molar-refractivity contribution in [3.8, 4) is 0 Å². The summed E-state index contributed by atoms with van der Waals surface area (Å²) in [7, 11) is 0. The molecule has 0 fully saturated rings. The second-order valence-electron chi connectivity index (χ2n) is 4.02. The van der Waals surface area contributed by atoms with Crippen LogP contribution in [-0.4, -0.2) is 15.2 Å². The van der Waals surface area contributed by atoms with E-state index in [2.05, 4.69) is 4.98 Å². The van der Waals surface area contributed by atoms with E-state index in [0.717, 1.165) is 0 Å². The van der Waals surface area contributed by atoms with E-state index in [0.29, 0.717) is 16.9 Å². The average Bonchev–Trinajstić information content (AvgIpc) is 2.81. The van der Waals surface area contributed by atoms with Gasteiger partial charge in [0.2, 0.25) is 5.78 Å². The van der Waals surface area contributed by atoms with Crippen LogP contribution in [0.3, 0.4) is 0 Å². The summed E-state index contributed by atoms with van der Waals surface area (Å²) < 4.78 is 1.72. The summed E-state index contributed by atoms with van der Waals surface area (Å²) in [5.41, 5.74) is 1.61. The van der Waals surface area contributed by atoms with E-state index in [9.17, 15) is 9.59 Å². The first-order chi connectivity index (χ1) is 8.74. The highest BCUT2D eigenvalue weighted by Crippen LogP contribution is 2.09. The fourth-order valence-electron chi connectivity index (χ4n) is 1.87. The summed E-state index contributed by atoms with van der Waals surface area (Å²) in [6, 6.07) is 11.9. The van der Waals surface area contributed by atoms with E-state index in [4.69, 9.17) is 0 Å². The number of hydrogen-bond acceptors (Lipinski definition) is 2. The monoisotopic (exact) mass is 238 g/mol. The van der Waals surface area contributed by atoms with E-state index >= 15 is 0 Å². The Morgan fingerprint density at radius 2 is 1.89 bits per heavy atom. The molecule has 0 aliphatic carbocycles. The Bertz CT molecular complexity index is 769. The molecule has 0 atom stereocenters. The van der Waals surface area contributed by atoms with Crippen molar-refractivity contribution in [2.45, 2.75) is 0 Å². The molecule has 3 aromatic rings. The zero-order valence-corrected chi connectivity index (χ0v) is 9.46. The number of hydrogen-bond donors (Lipinski definition) is 1. The Morgan fingerprint density at radius 1 is 1.11 bits per heavy atom.